The summed E-state index contributed by atoms with van der Waals surface area (Å²) in [6, 6.07) is 17.0. The summed E-state index contributed by atoms with van der Waals surface area (Å²) < 4.78 is 16.4. The number of rotatable bonds is 4. The summed E-state index contributed by atoms with van der Waals surface area (Å²) in [5, 5.41) is 4.88. The maximum Gasteiger partial charge on any atom is 0.289 e. The summed E-state index contributed by atoms with van der Waals surface area (Å²) in [4.78, 5) is 18.9. The predicted octanol–water partition coefficient (Wildman–Crippen LogP) is 3.73. The van der Waals surface area contributed by atoms with Gasteiger partial charge in [-0.15, -0.1) is 0 Å². The average molecular weight is 375 g/mol. The van der Waals surface area contributed by atoms with E-state index in [1.54, 1.807) is 24.1 Å². The van der Waals surface area contributed by atoms with Gasteiger partial charge in [0, 0.05) is 24.0 Å². The van der Waals surface area contributed by atoms with Gasteiger partial charge in [0.25, 0.3) is 5.91 Å². The quantitative estimate of drug-likeness (QED) is 0.541. The Morgan fingerprint density at radius 1 is 1.14 bits per heavy atom. The lowest BCUT2D eigenvalue weighted by Crippen LogP contribution is -2.48. The van der Waals surface area contributed by atoms with Crippen LogP contribution in [0.2, 0.25) is 0 Å². The van der Waals surface area contributed by atoms with E-state index in [0.29, 0.717) is 41.9 Å². The number of likely N-dealkylation sites (tertiary alicyclic amines) is 1. The molecule has 5 rings (SSSR count). The van der Waals surface area contributed by atoms with Crippen molar-refractivity contribution in [1.82, 2.24) is 15.0 Å². The highest BCUT2D eigenvalue weighted by atomic mass is 16.5. The monoisotopic (exact) mass is 375 g/mol. The Kier molecular flexibility index (Phi) is 3.86. The van der Waals surface area contributed by atoms with Crippen LogP contribution in [0.25, 0.3) is 22.4 Å². The van der Waals surface area contributed by atoms with Crippen LogP contribution in [0.3, 0.4) is 0 Å². The van der Waals surface area contributed by atoms with Gasteiger partial charge in [-0.1, -0.05) is 47.6 Å². The SMILES string of the molecule is COc1cccc2cc(C(=O)N3CC(c4nc(-c5ccccc5)no4)C3)oc12. The number of nitrogens with zero attached hydrogens (tertiary/aromatic N) is 3. The first kappa shape index (κ1) is 16.6. The number of furan rings is 1. The van der Waals surface area contributed by atoms with Crippen molar-refractivity contribution in [3.05, 3.63) is 66.2 Å². The fourth-order valence-electron chi connectivity index (χ4n) is 3.36. The molecule has 3 heterocycles. The van der Waals surface area contributed by atoms with Crippen LogP contribution in [0.5, 0.6) is 5.75 Å². The molecule has 0 atom stereocenters. The Morgan fingerprint density at radius 3 is 2.75 bits per heavy atom. The number of hydrogen-bond acceptors (Lipinski definition) is 6. The van der Waals surface area contributed by atoms with Crippen LogP contribution in [0, 0.1) is 0 Å². The molecule has 0 spiro atoms. The van der Waals surface area contributed by atoms with E-state index in [0.717, 1.165) is 10.9 Å². The molecule has 1 aliphatic rings. The van der Waals surface area contributed by atoms with Gasteiger partial charge in [0.1, 0.15) is 0 Å². The Hall–Kier alpha value is -3.61. The zero-order valence-corrected chi connectivity index (χ0v) is 15.2. The third kappa shape index (κ3) is 2.72. The molecule has 1 fully saturated rings. The van der Waals surface area contributed by atoms with Crippen molar-refractivity contribution in [2.24, 2.45) is 0 Å². The van der Waals surface area contributed by atoms with Gasteiger partial charge in [0.15, 0.2) is 17.1 Å². The molecule has 0 bridgehead atoms. The number of amides is 1. The Labute approximate surface area is 160 Å². The van der Waals surface area contributed by atoms with E-state index in [4.69, 9.17) is 13.7 Å². The zero-order chi connectivity index (χ0) is 19.1. The summed E-state index contributed by atoms with van der Waals surface area (Å²) in [7, 11) is 1.58. The minimum Gasteiger partial charge on any atom is -0.493 e. The molecule has 0 N–H and O–H groups in total. The number of ether oxygens (including phenoxy) is 1. The summed E-state index contributed by atoms with van der Waals surface area (Å²) in [6.45, 7) is 1.03. The molecule has 0 unspecified atom stereocenters. The fourth-order valence-corrected chi connectivity index (χ4v) is 3.36. The highest BCUT2D eigenvalue weighted by Gasteiger charge is 2.37. The van der Waals surface area contributed by atoms with Crippen LogP contribution in [-0.2, 0) is 0 Å². The number of benzene rings is 2. The number of methoxy groups -OCH3 is 1. The van der Waals surface area contributed by atoms with Gasteiger partial charge in [0.2, 0.25) is 11.7 Å². The summed E-state index contributed by atoms with van der Waals surface area (Å²) in [5.74, 6) is 1.90. The Morgan fingerprint density at radius 2 is 1.96 bits per heavy atom. The van der Waals surface area contributed by atoms with Gasteiger partial charge < -0.3 is 18.6 Å². The van der Waals surface area contributed by atoms with Crippen LogP contribution in [0.4, 0.5) is 0 Å². The number of aromatic nitrogens is 2. The molecule has 0 saturated carbocycles. The van der Waals surface area contributed by atoms with E-state index in [2.05, 4.69) is 10.1 Å². The molecule has 1 amide bonds. The predicted molar refractivity (Wildman–Crippen MR) is 101 cm³/mol. The molecule has 4 aromatic rings. The van der Waals surface area contributed by atoms with Crippen molar-refractivity contribution in [2.75, 3.05) is 20.2 Å². The lowest BCUT2D eigenvalue weighted by atomic mass is 10.00. The van der Waals surface area contributed by atoms with E-state index in [1.807, 2.05) is 42.5 Å². The standard InChI is InChI=1S/C21H17N3O4/c1-26-16-9-5-8-14-10-17(27-18(14)16)21(25)24-11-15(12-24)20-22-19(23-28-20)13-6-3-2-4-7-13/h2-10,15H,11-12H2,1H3. The highest BCUT2D eigenvalue weighted by molar-refractivity contribution is 5.97. The van der Waals surface area contributed by atoms with Gasteiger partial charge in [-0.2, -0.15) is 4.98 Å². The maximum atomic E-state index is 12.7. The number of para-hydroxylation sites is 1. The van der Waals surface area contributed by atoms with Gasteiger partial charge in [0.05, 0.1) is 13.0 Å². The van der Waals surface area contributed by atoms with E-state index in [9.17, 15) is 4.79 Å². The fraction of sp³-hybridized carbons (Fsp3) is 0.190. The van der Waals surface area contributed by atoms with Gasteiger partial charge >= 0.3 is 0 Å². The van der Waals surface area contributed by atoms with E-state index in [1.165, 1.54) is 0 Å². The van der Waals surface area contributed by atoms with Crippen LogP contribution >= 0.6 is 0 Å². The first-order chi connectivity index (χ1) is 13.7. The maximum absolute atomic E-state index is 12.7. The summed E-state index contributed by atoms with van der Waals surface area (Å²) >= 11 is 0. The molecule has 7 nitrogen and oxygen atoms in total. The Bertz CT molecular complexity index is 1140. The largest absolute Gasteiger partial charge is 0.493 e. The van der Waals surface area contributed by atoms with Crippen molar-refractivity contribution in [1.29, 1.82) is 0 Å². The second kappa shape index (κ2) is 6.53. The van der Waals surface area contributed by atoms with E-state index >= 15 is 0 Å². The van der Waals surface area contributed by atoms with Crippen molar-refractivity contribution < 1.29 is 18.5 Å². The molecule has 2 aromatic heterocycles. The summed E-state index contributed by atoms with van der Waals surface area (Å²) in [5.41, 5.74) is 1.48. The smallest absolute Gasteiger partial charge is 0.289 e. The number of carbonyl (C=O) groups is 1. The molecule has 0 radical (unpaired) electrons. The summed E-state index contributed by atoms with van der Waals surface area (Å²) in [6.07, 6.45) is 0. The number of fused-ring (bicyclic) bond motifs is 1. The molecule has 28 heavy (non-hydrogen) atoms. The average Bonchev–Trinajstić information content (AvgIpc) is 3.34. The second-order valence-corrected chi connectivity index (χ2v) is 6.72. The lowest BCUT2D eigenvalue weighted by Gasteiger charge is -2.36. The Balaban J connectivity index is 1.29. The number of carbonyl (C=O) groups excluding carboxylic acids is 1. The van der Waals surface area contributed by atoms with E-state index < -0.39 is 0 Å². The highest BCUT2D eigenvalue weighted by Crippen LogP contribution is 2.32. The van der Waals surface area contributed by atoms with Crippen LogP contribution in [0.1, 0.15) is 22.4 Å². The molecule has 0 aliphatic carbocycles. The van der Waals surface area contributed by atoms with Crippen LogP contribution in [-0.4, -0.2) is 41.1 Å². The van der Waals surface area contributed by atoms with Gasteiger partial charge in [-0.3, -0.25) is 4.79 Å². The third-order valence-electron chi connectivity index (χ3n) is 4.93. The molecule has 1 aliphatic heterocycles. The molecule has 2 aromatic carbocycles. The van der Waals surface area contributed by atoms with Crippen LogP contribution in [0.15, 0.2) is 63.5 Å². The first-order valence-corrected chi connectivity index (χ1v) is 8.98. The van der Waals surface area contributed by atoms with Crippen molar-refractivity contribution in [3.8, 4) is 17.1 Å². The second-order valence-electron chi connectivity index (χ2n) is 6.72. The molecule has 7 heteroatoms. The third-order valence-corrected chi connectivity index (χ3v) is 4.93. The first-order valence-electron chi connectivity index (χ1n) is 8.98. The number of hydrogen-bond donors (Lipinski definition) is 0. The van der Waals surface area contributed by atoms with Gasteiger partial charge in [-0.05, 0) is 12.1 Å². The van der Waals surface area contributed by atoms with Crippen LogP contribution < -0.4 is 4.74 Å². The molecular formula is C21H17N3O4. The van der Waals surface area contributed by atoms with Crippen molar-refractivity contribution in [2.45, 2.75) is 5.92 Å². The molecule has 140 valence electrons. The molecular weight excluding hydrogens is 358 g/mol. The minimum atomic E-state index is -0.155. The van der Waals surface area contributed by atoms with Crippen molar-refractivity contribution >= 4 is 16.9 Å². The van der Waals surface area contributed by atoms with Gasteiger partial charge in [-0.25, -0.2) is 0 Å². The normalized spacial score (nSPS) is 14.2. The van der Waals surface area contributed by atoms with Crippen molar-refractivity contribution in [3.63, 3.8) is 0 Å². The van der Waals surface area contributed by atoms with E-state index in [-0.39, 0.29) is 11.8 Å². The minimum absolute atomic E-state index is 0.0350. The topological polar surface area (TPSA) is 81.6 Å². The molecule has 1 saturated heterocycles. The zero-order valence-electron chi connectivity index (χ0n) is 15.2. The lowest BCUT2D eigenvalue weighted by molar-refractivity contribution is 0.0539.